The van der Waals surface area contributed by atoms with Gasteiger partial charge in [-0.1, -0.05) is 12.1 Å². The molecule has 8 heteroatoms. The normalized spacial score (nSPS) is 16.8. The molecule has 26 heavy (non-hydrogen) atoms. The van der Waals surface area contributed by atoms with Gasteiger partial charge in [-0.15, -0.1) is 0 Å². The van der Waals surface area contributed by atoms with Crippen LogP contribution in [-0.2, 0) is 27.4 Å². The third-order valence-electron chi connectivity index (χ3n) is 4.00. The first-order valence-corrected chi connectivity index (χ1v) is 8.63. The molecule has 1 unspecified atom stereocenters. The number of amides is 2. The van der Waals surface area contributed by atoms with E-state index in [0.29, 0.717) is 31.9 Å². The number of anilines is 1. The second-order valence-electron chi connectivity index (χ2n) is 6.16. The van der Waals surface area contributed by atoms with Crippen LogP contribution >= 0.6 is 0 Å². The summed E-state index contributed by atoms with van der Waals surface area (Å²) in [4.78, 5) is 24.1. The van der Waals surface area contributed by atoms with Gasteiger partial charge in [0.05, 0.1) is 13.2 Å². The van der Waals surface area contributed by atoms with Crippen LogP contribution in [-0.4, -0.2) is 47.4 Å². The number of nitrogens with one attached hydrogen (secondary N) is 3. The van der Waals surface area contributed by atoms with E-state index in [-0.39, 0.29) is 24.4 Å². The summed E-state index contributed by atoms with van der Waals surface area (Å²) in [6, 6.07) is 9.26. The Labute approximate surface area is 151 Å². The van der Waals surface area contributed by atoms with Crippen molar-refractivity contribution in [3.63, 3.8) is 0 Å². The van der Waals surface area contributed by atoms with E-state index in [1.807, 2.05) is 24.3 Å². The molecule has 1 atom stereocenters. The molecular formula is C18H23N5O3. The van der Waals surface area contributed by atoms with Crippen molar-refractivity contribution in [2.75, 3.05) is 25.1 Å². The smallest absolute Gasteiger partial charge is 0.246 e. The average Bonchev–Trinajstić information content (AvgIpc) is 3.14. The Morgan fingerprint density at radius 3 is 3.00 bits per heavy atom. The van der Waals surface area contributed by atoms with Crippen LogP contribution in [0.4, 0.5) is 5.69 Å². The Hall–Kier alpha value is -2.71. The number of nitrogens with zero attached hydrogens (tertiary/aromatic N) is 2. The van der Waals surface area contributed by atoms with Gasteiger partial charge in [0.2, 0.25) is 11.8 Å². The van der Waals surface area contributed by atoms with Gasteiger partial charge >= 0.3 is 0 Å². The average molecular weight is 357 g/mol. The Kier molecular flexibility index (Phi) is 6.34. The molecule has 2 aromatic rings. The monoisotopic (exact) mass is 357 g/mol. The first-order valence-electron chi connectivity index (χ1n) is 8.63. The molecule has 2 amide bonds. The summed E-state index contributed by atoms with van der Waals surface area (Å²) in [5.74, 6) is -0.181. The van der Waals surface area contributed by atoms with Gasteiger partial charge in [-0.05, 0) is 23.8 Å². The number of aromatic nitrogens is 2. The summed E-state index contributed by atoms with van der Waals surface area (Å²) in [7, 11) is 0. The zero-order valence-electron chi connectivity index (χ0n) is 14.5. The van der Waals surface area contributed by atoms with E-state index >= 15 is 0 Å². The Morgan fingerprint density at radius 2 is 2.23 bits per heavy atom. The molecule has 0 spiro atoms. The van der Waals surface area contributed by atoms with Crippen molar-refractivity contribution in [3.05, 3.63) is 48.3 Å². The van der Waals surface area contributed by atoms with E-state index in [1.54, 1.807) is 23.1 Å². The molecule has 0 radical (unpaired) electrons. The number of morpholine rings is 1. The fourth-order valence-corrected chi connectivity index (χ4v) is 2.75. The zero-order chi connectivity index (χ0) is 18.2. The topological polar surface area (TPSA) is 97.3 Å². The molecule has 1 fully saturated rings. The molecule has 0 aliphatic carbocycles. The minimum atomic E-state index is -0.154. The number of carbonyl (C=O) groups is 2. The van der Waals surface area contributed by atoms with E-state index in [4.69, 9.17) is 4.74 Å². The standard InChI is InChI=1S/C18H23N5O3/c24-17(10-16-13-26-8-6-19-16)20-11-14-3-1-4-15(9-14)22-18(25)12-23-7-2-5-21-23/h1-5,7,9,16,19H,6,8,10-13H2,(H,20,24)(H,22,25). The van der Waals surface area contributed by atoms with Gasteiger partial charge in [0.15, 0.2) is 0 Å². The maximum absolute atomic E-state index is 12.0. The molecule has 8 nitrogen and oxygen atoms in total. The quantitative estimate of drug-likeness (QED) is 0.671. The molecule has 1 aliphatic heterocycles. The van der Waals surface area contributed by atoms with Crippen molar-refractivity contribution < 1.29 is 14.3 Å². The summed E-state index contributed by atoms with van der Waals surface area (Å²) < 4.78 is 6.90. The molecule has 138 valence electrons. The number of ether oxygens (including phenoxy) is 1. The van der Waals surface area contributed by atoms with E-state index in [0.717, 1.165) is 12.1 Å². The number of hydrogen-bond donors (Lipinski definition) is 3. The predicted molar refractivity (Wildman–Crippen MR) is 96.4 cm³/mol. The van der Waals surface area contributed by atoms with Crippen molar-refractivity contribution in [1.82, 2.24) is 20.4 Å². The van der Waals surface area contributed by atoms with Crippen LogP contribution in [0.5, 0.6) is 0 Å². The summed E-state index contributed by atoms with van der Waals surface area (Å²) in [6.45, 7) is 2.60. The lowest BCUT2D eigenvalue weighted by Gasteiger charge is -2.23. The van der Waals surface area contributed by atoms with Crippen LogP contribution in [0.1, 0.15) is 12.0 Å². The number of benzene rings is 1. The number of rotatable bonds is 7. The van der Waals surface area contributed by atoms with E-state index in [1.165, 1.54) is 0 Å². The van der Waals surface area contributed by atoms with Crippen molar-refractivity contribution in [3.8, 4) is 0 Å². The van der Waals surface area contributed by atoms with Crippen molar-refractivity contribution in [1.29, 1.82) is 0 Å². The largest absolute Gasteiger partial charge is 0.378 e. The second-order valence-corrected chi connectivity index (χ2v) is 6.16. The number of hydrogen-bond acceptors (Lipinski definition) is 5. The van der Waals surface area contributed by atoms with E-state index < -0.39 is 0 Å². The van der Waals surface area contributed by atoms with Crippen molar-refractivity contribution in [2.45, 2.75) is 25.6 Å². The Bertz CT molecular complexity index is 726. The highest BCUT2D eigenvalue weighted by molar-refractivity contribution is 5.90. The van der Waals surface area contributed by atoms with Crippen LogP contribution in [0.2, 0.25) is 0 Å². The van der Waals surface area contributed by atoms with Gasteiger partial charge in [-0.3, -0.25) is 14.3 Å². The van der Waals surface area contributed by atoms with Gasteiger partial charge < -0.3 is 20.7 Å². The van der Waals surface area contributed by atoms with Gasteiger partial charge in [-0.25, -0.2) is 0 Å². The third-order valence-corrected chi connectivity index (χ3v) is 4.00. The van der Waals surface area contributed by atoms with Crippen LogP contribution in [0.25, 0.3) is 0 Å². The lowest BCUT2D eigenvalue weighted by molar-refractivity contribution is -0.122. The lowest BCUT2D eigenvalue weighted by atomic mass is 10.1. The molecule has 1 aliphatic rings. The Balaban J connectivity index is 1.45. The van der Waals surface area contributed by atoms with Crippen LogP contribution in [0.15, 0.2) is 42.7 Å². The van der Waals surface area contributed by atoms with E-state index in [2.05, 4.69) is 21.0 Å². The first kappa shape index (κ1) is 18.1. The van der Waals surface area contributed by atoms with Crippen LogP contribution in [0.3, 0.4) is 0 Å². The first-order chi connectivity index (χ1) is 12.7. The maximum Gasteiger partial charge on any atom is 0.246 e. The molecule has 1 aromatic carbocycles. The highest BCUT2D eigenvalue weighted by Crippen LogP contribution is 2.11. The summed E-state index contributed by atoms with van der Waals surface area (Å²) in [6.07, 6.45) is 3.75. The highest BCUT2D eigenvalue weighted by Gasteiger charge is 2.16. The van der Waals surface area contributed by atoms with Crippen molar-refractivity contribution in [2.24, 2.45) is 0 Å². The summed E-state index contributed by atoms with van der Waals surface area (Å²) >= 11 is 0. The maximum atomic E-state index is 12.0. The SMILES string of the molecule is O=C(CC1COCCN1)NCc1cccc(NC(=O)Cn2cccn2)c1. The zero-order valence-corrected chi connectivity index (χ0v) is 14.5. The van der Waals surface area contributed by atoms with Gasteiger partial charge in [0, 0.05) is 43.6 Å². The van der Waals surface area contributed by atoms with Crippen LogP contribution in [0, 0.1) is 0 Å². The lowest BCUT2D eigenvalue weighted by Crippen LogP contribution is -2.44. The molecule has 0 bridgehead atoms. The predicted octanol–water partition coefficient (Wildman–Crippen LogP) is 0.517. The van der Waals surface area contributed by atoms with E-state index in [9.17, 15) is 9.59 Å². The number of carbonyl (C=O) groups excluding carboxylic acids is 2. The third kappa shape index (κ3) is 5.68. The van der Waals surface area contributed by atoms with Crippen molar-refractivity contribution >= 4 is 17.5 Å². The second kappa shape index (κ2) is 9.12. The van der Waals surface area contributed by atoms with Gasteiger partial charge in [0.25, 0.3) is 0 Å². The summed E-state index contributed by atoms with van der Waals surface area (Å²) in [5, 5.41) is 13.0. The Morgan fingerprint density at radius 1 is 1.31 bits per heavy atom. The minimum absolute atomic E-state index is 0.0267. The molecule has 3 rings (SSSR count). The molecule has 1 saturated heterocycles. The molecule has 2 heterocycles. The molecule has 1 aromatic heterocycles. The fourth-order valence-electron chi connectivity index (χ4n) is 2.75. The molecule has 3 N–H and O–H groups in total. The van der Waals surface area contributed by atoms with Gasteiger partial charge in [-0.2, -0.15) is 5.10 Å². The minimum Gasteiger partial charge on any atom is -0.378 e. The highest BCUT2D eigenvalue weighted by atomic mass is 16.5. The fraction of sp³-hybridized carbons (Fsp3) is 0.389. The molecule has 0 saturated carbocycles. The van der Waals surface area contributed by atoms with Gasteiger partial charge in [0.1, 0.15) is 6.54 Å². The van der Waals surface area contributed by atoms with Crippen LogP contribution < -0.4 is 16.0 Å². The summed E-state index contributed by atoms with van der Waals surface area (Å²) in [5.41, 5.74) is 1.61. The molecular weight excluding hydrogens is 334 g/mol.